The molecule has 0 aliphatic rings. The molecular formula is C21H25N3O3. The van der Waals surface area contributed by atoms with Gasteiger partial charge in [-0.05, 0) is 43.5 Å². The zero-order valence-electron chi connectivity index (χ0n) is 15.9. The van der Waals surface area contributed by atoms with E-state index in [0.717, 1.165) is 17.5 Å². The number of nitrogens with one attached hydrogen (secondary N) is 2. The summed E-state index contributed by atoms with van der Waals surface area (Å²) in [6.45, 7) is 6.26. The van der Waals surface area contributed by atoms with E-state index in [9.17, 15) is 9.59 Å². The summed E-state index contributed by atoms with van der Waals surface area (Å²) in [5.41, 5.74) is 5.26. The molecule has 0 bridgehead atoms. The average Bonchev–Trinajstić information content (AvgIpc) is 2.67. The van der Waals surface area contributed by atoms with E-state index in [1.807, 2.05) is 69.3 Å². The standard InChI is InChI=1S/C21H25N3O3/c1-4-16(3)23-20(25)21(26)24-22-13-18-6-5-7-19(12-18)27-14-17-10-8-15(2)9-11-17/h5-13,16H,4,14H2,1-3H3,(H,23,25)(H,24,26)/b22-13-/t16-/m0/s1. The van der Waals surface area contributed by atoms with Gasteiger partial charge in [-0.15, -0.1) is 0 Å². The van der Waals surface area contributed by atoms with Crippen molar-refractivity contribution in [3.05, 3.63) is 65.2 Å². The average molecular weight is 367 g/mol. The second-order valence-corrected chi connectivity index (χ2v) is 6.33. The van der Waals surface area contributed by atoms with E-state index in [4.69, 9.17) is 4.74 Å². The molecule has 0 heterocycles. The number of rotatable bonds is 7. The van der Waals surface area contributed by atoms with Gasteiger partial charge < -0.3 is 10.1 Å². The van der Waals surface area contributed by atoms with Crippen LogP contribution >= 0.6 is 0 Å². The number of benzene rings is 2. The number of nitrogens with zero attached hydrogens (tertiary/aromatic N) is 1. The predicted octanol–water partition coefficient (Wildman–Crippen LogP) is 2.94. The highest BCUT2D eigenvalue weighted by Crippen LogP contribution is 2.14. The second-order valence-electron chi connectivity index (χ2n) is 6.33. The van der Waals surface area contributed by atoms with Crippen LogP contribution in [0.3, 0.4) is 0 Å². The van der Waals surface area contributed by atoms with Crippen LogP contribution in [0.15, 0.2) is 53.6 Å². The monoisotopic (exact) mass is 367 g/mol. The van der Waals surface area contributed by atoms with Gasteiger partial charge in [-0.3, -0.25) is 9.59 Å². The van der Waals surface area contributed by atoms with Gasteiger partial charge in [0.1, 0.15) is 12.4 Å². The van der Waals surface area contributed by atoms with Gasteiger partial charge in [0.15, 0.2) is 0 Å². The van der Waals surface area contributed by atoms with Gasteiger partial charge in [0, 0.05) is 6.04 Å². The van der Waals surface area contributed by atoms with Crippen molar-refractivity contribution < 1.29 is 14.3 Å². The third-order valence-corrected chi connectivity index (χ3v) is 3.96. The summed E-state index contributed by atoms with van der Waals surface area (Å²) in [6, 6.07) is 15.4. The summed E-state index contributed by atoms with van der Waals surface area (Å²) in [5, 5.41) is 6.40. The molecule has 0 saturated heterocycles. The Balaban J connectivity index is 1.87. The molecular weight excluding hydrogens is 342 g/mol. The molecule has 2 aromatic rings. The Morgan fingerprint density at radius 1 is 1.15 bits per heavy atom. The number of aryl methyl sites for hydroxylation is 1. The molecule has 2 amide bonds. The van der Waals surface area contributed by atoms with E-state index in [2.05, 4.69) is 15.8 Å². The van der Waals surface area contributed by atoms with Crippen molar-refractivity contribution in [3.63, 3.8) is 0 Å². The molecule has 0 unspecified atom stereocenters. The zero-order valence-corrected chi connectivity index (χ0v) is 15.9. The molecule has 0 fully saturated rings. The highest BCUT2D eigenvalue weighted by Gasteiger charge is 2.14. The summed E-state index contributed by atoms with van der Waals surface area (Å²) < 4.78 is 5.78. The Kier molecular flexibility index (Phi) is 7.55. The Morgan fingerprint density at radius 3 is 2.59 bits per heavy atom. The SMILES string of the molecule is CC[C@H](C)NC(=O)C(=O)N/N=C\c1cccc(OCc2ccc(C)cc2)c1. The fraction of sp³-hybridized carbons (Fsp3) is 0.286. The van der Waals surface area contributed by atoms with Crippen molar-refractivity contribution in [1.82, 2.24) is 10.7 Å². The molecule has 0 radical (unpaired) electrons. The van der Waals surface area contributed by atoms with E-state index < -0.39 is 11.8 Å². The normalized spacial score (nSPS) is 11.8. The summed E-state index contributed by atoms with van der Waals surface area (Å²) in [5.74, 6) is -0.796. The summed E-state index contributed by atoms with van der Waals surface area (Å²) in [6.07, 6.45) is 2.21. The molecule has 2 N–H and O–H groups in total. The minimum absolute atomic E-state index is 0.0606. The van der Waals surface area contributed by atoms with Crippen molar-refractivity contribution in [2.24, 2.45) is 5.10 Å². The molecule has 6 heteroatoms. The Morgan fingerprint density at radius 2 is 1.89 bits per heavy atom. The number of amides is 2. The number of carbonyl (C=O) groups is 2. The third kappa shape index (κ3) is 6.93. The van der Waals surface area contributed by atoms with Crippen molar-refractivity contribution in [2.75, 3.05) is 0 Å². The maximum absolute atomic E-state index is 11.7. The van der Waals surface area contributed by atoms with E-state index in [1.165, 1.54) is 11.8 Å². The smallest absolute Gasteiger partial charge is 0.329 e. The molecule has 2 rings (SSSR count). The summed E-state index contributed by atoms with van der Waals surface area (Å²) in [4.78, 5) is 23.3. The molecule has 1 atom stereocenters. The lowest BCUT2D eigenvalue weighted by Crippen LogP contribution is -2.41. The fourth-order valence-electron chi connectivity index (χ4n) is 2.14. The Bertz CT molecular complexity index is 801. The Labute approximate surface area is 159 Å². The first-order valence-corrected chi connectivity index (χ1v) is 8.90. The quantitative estimate of drug-likeness (QED) is 0.449. The van der Waals surface area contributed by atoms with Crippen LogP contribution in [0.1, 0.15) is 37.0 Å². The lowest BCUT2D eigenvalue weighted by molar-refractivity contribution is -0.139. The van der Waals surface area contributed by atoms with E-state index >= 15 is 0 Å². The van der Waals surface area contributed by atoms with E-state index in [1.54, 1.807) is 0 Å². The summed E-state index contributed by atoms with van der Waals surface area (Å²) >= 11 is 0. The first-order valence-electron chi connectivity index (χ1n) is 8.90. The van der Waals surface area contributed by atoms with Gasteiger partial charge in [-0.25, -0.2) is 5.43 Å². The topological polar surface area (TPSA) is 79.8 Å². The number of carbonyl (C=O) groups excluding carboxylic acids is 2. The van der Waals surface area contributed by atoms with Crippen molar-refractivity contribution in [2.45, 2.75) is 39.8 Å². The second kappa shape index (κ2) is 10.1. The molecule has 0 aliphatic heterocycles. The van der Waals surface area contributed by atoms with Crippen molar-refractivity contribution in [1.29, 1.82) is 0 Å². The minimum atomic E-state index is -0.793. The highest BCUT2D eigenvalue weighted by atomic mass is 16.5. The van der Waals surface area contributed by atoms with Crippen LogP contribution in [0.25, 0.3) is 0 Å². The van der Waals surface area contributed by atoms with E-state index in [-0.39, 0.29) is 6.04 Å². The lowest BCUT2D eigenvalue weighted by Gasteiger charge is -2.09. The molecule has 0 saturated carbocycles. The van der Waals surface area contributed by atoms with Gasteiger partial charge in [0.05, 0.1) is 6.21 Å². The fourth-order valence-corrected chi connectivity index (χ4v) is 2.14. The summed E-state index contributed by atoms with van der Waals surface area (Å²) in [7, 11) is 0. The largest absolute Gasteiger partial charge is 0.489 e. The van der Waals surface area contributed by atoms with Crippen LogP contribution in [0.2, 0.25) is 0 Å². The molecule has 0 aliphatic carbocycles. The highest BCUT2D eigenvalue weighted by molar-refractivity contribution is 6.35. The number of hydrogen-bond acceptors (Lipinski definition) is 4. The van der Waals surface area contributed by atoms with Crippen LogP contribution in [0, 0.1) is 6.92 Å². The molecule has 142 valence electrons. The van der Waals surface area contributed by atoms with Crippen molar-refractivity contribution in [3.8, 4) is 5.75 Å². The molecule has 6 nitrogen and oxygen atoms in total. The first kappa shape index (κ1) is 20.2. The van der Waals surface area contributed by atoms with Crippen LogP contribution in [-0.4, -0.2) is 24.1 Å². The van der Waals surface area contributed by atoms with Gasteiger partial charge >= 0.3 is 11.8 Å². The van der Waals surface area contributed by atoms with E-state index in [0.29, 0.717) is 12.4 Å². The van der Waals surface area contributed by atoms with Gasteiger partial charge in [-0.2, -0.15) is 5.10 Å². The number of ether oxygens (including phenoxy) is 1. The maximum atomic E-state index is 11.7. The first-order chi connectivity index (χ1) is 13.0. The number of hydrazone groups is 1. The Hall–Kier alpha value is -3.15. The molecule has 0 aromatic heterocycles. The van der Waals surface area contributed by atoms with Crippen molar-refractivity contribution >= 4 is 18.0 Å². The molecule has 2 aromatic carbocycles. The van der Waals surface area contributed by atoms with Gasteiger partial charge in [-0.1, -0.05) is 48.9 Å². The minimum Gasteiger partial charge on any atom is -0.489 e. The maximum Gasteiger partial charge on any atom is 0.329 e. The van der Waals surface area contributed by atoms with Crippen LogP contribution in [0.4, 0.5) is 0 Å². The van der Waals surface area contributed by atoms with Crippen LogP contribution < -0.4 is 15.5 Å². The third-order valence-electron chi connectivity index (χ3n) is 3.96. The van der Waals surface area contributed by atoms with Gasteiger partial charge in [0.2, 0.25) is 0 Å². The predicted molar refractivity (Wildman–Crippen MR) is 106 cm³/mol. The molecule has 27 heavy (non-hydrogen) atoms. The lowest BCUT2D eigenvalue weighted by atomic mass is 10.2. The zero-order chi connectivity index (χ0) is 19.6. The number of hydrogen-bond donors (Lipinski definition) is 2. The van der Waals surface area contributed by atoms with Crippen LogP contribution in [0.5, 0.6) is 5.75 Å². The van der Waals surface area contributed by atoms with Gasteiger partial charge in [0.25, 0.3) is 0 Å². The van der Waals surface area contributed by atoms with Crippen LogP contribution in [-0.2, 0) is 16.2 Å². The molecule has 0 spiro atoms.